The number of H-pyrrole nitrogens is 1. The van der Waals surface area contributed by atoms with Gasteiger partial charge in [-0.15, -0.1) is 0 Å². The second-order valence-corrected chi connectivity index (χ2v) is 7.57. The summed E-state index contributed by atoms with van der Waals surface area (Å²) in [5.74, 6) is 0.578. The third-order valence-electron chi connectivity index (χ3n) is 4.11. The Kier molecular flexibility index (Phi) is 4.11. The number of anilines is 1. The lowest BCUT2D eigenvalue weighted by molar-refractivity contribution is 0.601. The third-order valence-corrected chi connectivity index (χ3v) is 5.49. The molecule has 6 nitrogen and oxygen atoms in total. The number of imidazole rings is 1. The van der Waals surface area contributed by atoms with Crippen molar-refractivity contribution in [2.24, 2.45) is 0 Å². The fourth-order valence-corrected chi connectivity index (χ4v) is 3.85. The molecule has 4 rings (SSSR count). The summed E-state index contributed by atoms with van der Waals surface area (Å²) in [6.07, 6.45) is 0. The average Bonchev–Trinajstić information content (AvgIpc) is 3.12. The van der Waals surface area contributed by atoms with Gasteiger partial charge in [-0.1, -0.05) is 24.3 Å². The molecule has 0 aliphatic rings. The molecule has 0 spiro atoms. The van der Waals surface area contributed by atoms with E-state index in [1.54, 1.807) is 18.2 Å². The van der Waals surface area contributed by atoms with Crippen LogP contribution in [0.15, 0.2) is 77.7 Å². The first-order valence-electron chi connectivity index (χ1n) is 8.14. The predicted molar refractivity (Wildman–Crippen MR) is 103 cm³/mol. The number of aromatic nitrogens is 2. The summed E-state index contributed by atoms with van der Waals surface area (Å²) in [5.41, 5.74) is 3.14. The van der Waals surface area contributed by atoms with Gasteiger partial charge in [-0.05, 0) is 48.5 Å². The van der Waals surface area contributed by atoms with Gasteiger partial charge in [-0.2, -0.15) is 5.26 Å². The number of para-hydroxylation sites is 3. The highest BCUT2D eigenvalue weighted by Crippen LogP contribution is 2.29. The normalized spacial score (nSPS) is 11.2. The van der Waals surface area contributed by atoms with Crippen LogP contribution in [0.2, 0.25) is 0 Å². The van der Waals surface area contributed by atoms with E-state index in [0.717, 1.165) is 11.0 Å². The Bertz CT molecular complexity index is 1240. The molecule has 3 aromatic carbocycles. The maximum absolute atomic E-state index is 12.7. The monoisotopic (exact) mass is 374 g/mol. The van der Waals surface area contributed by atoms with Crippen molar-refractivity contribution < 1.29 is 8.42 Å². The fraction of sp³-hybridized carbons (Fsp3) is 0. The molecule has 2 N–H and O–H groups in total. The van der Waals surface area contributed by atoms with Crippen LogP contribution in [0.1, 0.15) is 5.56 Å². The Morgan fingerprint density at radius 1 is 0.926 bits per heavy atom. The van der Waals surface area contributed by atoms with Crippen molar-refractivity contribution in [3.05, 3.63) is 78.4 Å². The number of nitrogens with zero attached hydrogens (tertiary/aromatic N) is 2. The Hall–Kier alpha value is -3.63. The predicted octanol–water partition coefficient (Wildman–Crippen LogP) is 3.90. The molecular formula is C20H14N4O2S. The van der Waals surface area contributed by atoms with Crippen LogP contribution in [-0.4, -0.2) is 18.4 Å². The standard InChI is InChI=1S/C20H14N4O2S/c21-13-14-9-11-15(12-10-14)27(25,26)24-17-6-2-1-5-16(17)20-22-18-7-3-4-8-19(18)23-20/h1-12,24H,(H,22,23). The van der Waals surface area contributed by atoms with Gasteiger partial charge in [0.25, 0.3) is 10.0 Å². The Morgan fingerprint density at radius 3 is 2.37 bits per heavy atom. The molecule has 0 fully saturated rings. The quantitative estimate of drug-likeness (QED) is 0.566. The molecule has 0 aliphatic heterocycles. The van der Waals surface area contributed by atoms with E-state index in [1.807, 2.05) is 36.4 Å². The molecule has 0 unspecified atom stereocenters. The minimum absolute atomic E-state index is 0.0842. The van der Waals surface area contributed by atoms with Crippen molar-refractivity contribution in [1.29, 1.82) is 5.26 Å². The summed E-state index contributed by atoms with van der Waals surface area (Å²) < 4.78 is 28.1. The maximum Gasteiger partial charge on any atom is 0.261 e. The number of hydrogen-bond acceptors (Lipinski definition) is 4. The highest BCUT2D eigenvalue weighted by molar-refractivity contribution is 7.92. The van der Waals surface area contributed by atoms with Crippen LogP contribution >= 0.6 is 0 Å². The van der Waals surface area contributed by atoms with E-state index < -0.39 is 10.0 Å². The first-order valence-corrected chi connectivity index (χ1v) is 9.62. The van der Waals surface area contributed by atoms with Gasteiger partial charge in [0.1, 0.15) is 5.82 Å². The minimum atomic E-state index is -3.80. The molecular weight excluding hydrogens is 360 g/mol. The third kappa shape index (κ3) is 3.26. The number of aromatic amines is 1. The van der Waals surface area contributed by atoms with Gasteiger partial charge in [0.2, 0.25) is 0 Å². The van der Waals surface area contributed by atoms with E-state index in [4.69, 9.17) is 5.26 Å². The van der Waals surface area contributed by atoms with E-state index in [0.29, 0.717) is 22.6 Å². The van der Waals surface area contributed by atoms with Crippen LogP contribution in [0, 0.1) is 11.3 Å². The number of sulfonamides is 1. The van der Waals surface area contributed by atoms with Crippen LogP contribution in [0.4, 0.5) is 5.69 Å². The van der Waals surface area contributed by atoms with E-state index in [1.165, 1.54) is 24.3 Å². The zero-order valence-electron chi connectivity index (χ0n) is 14.0. The number of nitriles is 1. The van der Waals surface area contributed by atoms with Crippen molar-refractivity contribution in [1.82, 2.24) is 9.97 Å². The van der Waals surface area contributed by atoms with E-state index in [2.05, 4.69) is 14.7 Å². The topological polar surface area (TPSA) is 98.6 Å². The second-order valence-electron chi connectivity index (χ2n) is 5.89. The second kappa shape index (κ2) is 6.59. The number of fused-ring (bicyclic) bond motifs is 1. The molecule has 1 aromatic heterocycles. The molecule has 27 heavy (non-hydrogen) atoms. The fourth-order valence-electron chi connectivity index (χ4n) is 2.77. The van der Waals surface area contributed by atoms with Gasteiger partial charge in [0.05, 0.1) is 33.2 Å². The lowest BCUT2D eigenvalue weighted by Gasteiger charge is -2.11. The van der Waals surface area contributed by atoms with Gasteiger partial charge in [-0.25, -0.2) is 13.4 Å². The number of benzene rings is 3. The molecule has 0 radical (unpaired) electrons. The van der Waals surface area contributed by atoms with Gasteiger partial charge in [0.15, 0.2) is 0 Å². The molecule has 0 atom stereocenters. The smallest absolute Gasteiger partial charge is 0.261 e. The van der Waals surface area contributed by atoms with Gasteiger partial charge in [-0.3, -0.25) is 4.72 Å². The number of hydrogen-bond donors (Lipinski definition) is 2. The molecule has 0 saturated heterocycles. The largest absolute Gasteiger partial charge is 0.338 e. The van der Waals surface area contributed by atoms with E-state index in [9.17, 15) is 8.42 Å². The van der Waals surface area contributed by atoms with Crippen LogP contribution in [0.5, 0.6) is 0 Å². The highest BCUT2D eigenvalue weighted by atomic mass is 32.2. The maximum atomic E-state index is 12.7. The molecule has 0 saturated carbocycles. The summed E-state index contributed by atoms with van der Waals surface area (Å²) in [7, 11) is -3.80. The highest BCUT2D eigenvalue weighted by Gasteiger charge is 2.17. The van der Waals surface area contributed by atoms with Crippen molar-refractivity contribution in [3.8, 4) is 17.5 Å². The molecule has 0 bridgehead atoms. The molecule has 0 aliphatic carbocycles. The van der Waals surface area contributed by atoms with Crippen LogP contribution < -0.4 is 4.72 Å². The van der Waals surface area contributed by atoms with Crippen molar-refractivity contribution in [2.75, 3.05) is 4.72 Å². The first-order chi connectivity index (χ1) is 13.1. The summed E-state index contributed by atoms with van der Waals surface area (Å²) in [5, 5.41) is 8.86. The Labute approximate surface area is 156 Å². The number of rotatable bonds is 4. The van der Waals surface area contributed by atoms with Gasteiger partial charge >= 0.3 is 0 Å². The van der Waals surface area contributed by atoms with E-state index >= 15 is 0 Å². The van der Waals surface area contributed by atoms with Crippen molar-refractivity contribution >= 4 is 26.7 Å². The minimum Gasteiger partial charge on any atom is -0.338 e. The summed E-state index contributed by atoms with van der Waals surface area (Å²) in [4.78, 5) is 7.84. The lowest BCUT2D eigenvalue weighted by atomic mass is 10.2. The van der Waals surface area contributed by atoms with Crippen LogP contribution in [0.25, 0.3) is 22.4 Å². The lowest BCUT2D eigenvalue weighted by Crippen LogP contribution is -2.13. The molecule has 1 heterocycles. The van der Waals surface area contributed by atoms with Crippen LogP contribution in [-0.2, 0) is 10.0 Å². The Balaban J connectivity index is 1.73. The van der Waals surface area contributed by atoms with E-state index in [-0.39, 0.29) is 4.90 Å². The zero-order chi connectivity index (χ0) is 18.9. The molecule has 0 amide bonds. The number of nitrogens with one attached hydrogen (secondary N) is 2. The van der Waals surface area contributed by atoms with Gasteiger partial charge in [0, 0.05) is 5.56 Å². The zero-order valence-corrected chi connectivity index (χ0v) is 14.9. The first kappa shape index (κ1) is 16.8. The van der Waals surface area contributed by atoms with Crippen molar-refractivity contribution in [3.63, 3.8) is 0 Å². The van der Waals surface area contributed by atoms with Crippen LogP contribution in [0.3, 0.4) is 0 Å². The molecule has 4 aromatic rings. The Morgan fingerprint density at radius 2 is 1.63 bits per heavy atom. The molecule has 132 valence electrons. The molecule has 7 heteroatoms. The summed E-state index contributed by atoms with van der Waals surface area (Å²) in [6, 6.07) is 22.4. The van der Waals surface area contributed by atoms with Gasteiger partial charge < -0.3 is 4.98 Å². The summed E-state index contributed by atoms with van der Waals surface area (Å²) >= 11 is 0. The summed E-state index contributed by atoms with van der Waals surface area (Å²) in [6.45, 7) is 0. The van der Waals surface area contributed by atoms with Crippen molar-refractivity contribution in [2.45, 2.75) is 4.90 Å². The SMILES string of the molecule is N#Cc1ccc(S(=O)(=O)Nc2ccccc2-c2nc3ccccc3[nH]2)cc1. The average molecular weight is 374 g/mol.